The second-order valence-electron chi connectivity index (χ2n) is 5.72. The smallest absolute Gasteiger partial charge is 0.264 e. The third-order valence-corrected chi connectivity index (χ3v) is 5.74. The van der Waals surface area contributed by atoms with Gasteiger partial charge in [-0.25, -0.2) is 8.42 Å². The molecule has 2 aromatic rings. The minimum absolute atomic E-state index is 0.0244. The second kappa shape index (κ2) is 5.76. The van der Waals surface area contributed by atoms with Gasteiger partial charge >= 0.3 is 0 Å². The molecule has 24 heavy (non-hydrogen) atoms. The lowest BCUT2D eigenvalue weighted by Gasteiger charge is -2.28. The van der Waals surface area contributed by atoms with Crippen LogP contribution in [0.25, 0.3) is 0 Å². The highest BCUT2D eigenvalue weighted by Gasteiger charge is 2.32. The summed E-state index contributed by atoms with van der Waals surface area (Å²) in [4.78, 5) is 23.4. The van der Waals surface area contributed by atoms with Gasteiger partial charge in [-0.2, -0.15) is 0 Å². The first-order chi connectivity index (χ1) is 11.3. The zero-order valence-corrected chi connectivity index (χ0v) is 14.0. The monoisotopic (exact) mass is 344 g/mol. The molecule has 0 aromatic heterocycles. The molecule has 0 spiro atoms. The summed E-state index contributed by atoms with van der Waals surface area (Å²) < 4.78 is 27.4. The molecule has 0 aliphatic carbocycles. The maximum Gasteiger partial charge on any atom is 0.264 e. The fraction of sp³-hybridized carbons (Fsp3) is 0.176. The Balaban J connectivity index is 2.12. The molecule has 2 amide bonds. The third kappa shape index (κ3) is 2.56. The SMILES string of the molecule is CC(C)N(c1ccccc1)S(=O)(=O)c1ccc2c(c1)C(=O)NC2=O. The topological polar surface area (TPSA) is 83.6 Å². The van der Waals surface area contributed by atoms with Crippen molar-refractivity contribution >= 4 is 27.5 Å². The summed E-state index contributed by atoms with van der Waals surface area (Å²) in [5, 5.41) is 2.16. The van der Waals surface area contributed by atoms with Gasteiger partial charge in [-0.15, -0.1) is 0 Å². The molecule has 1 aliphatic heterocycles. The van der Waals surface area contributed by atoms with E-state index in [4.69, 9.17) is 0 Å². The number of rotatable bonds is 4. The number of amides is 2. The zero-order valence-electron chi connectivity index (χ0n) is 13.2. The van der Waals surface area contributed by atoms with Gasteiger partial charge in [0.1, 0.15) is 0 Å². The number of fused-ring (bicyclic) bond motifs is 1. The molecule has 7 heteroatoms. The lowest BCUT2D eigenvalue weighted by molar-refractivity contribution is 0.0879. The van der Waals surface area contributed by atoms with Crippen LogP contribution in [0, 0.1) is 0 Å². The maximum absolute atomic E-state index is 13.1. The minimum atomic E-state index is -3.87. The Hall–Kier alpha value is -2.67. The molecule has 1 aliphatic rings. The van der Waals surface area contributed by atoms with E-state index < -0.39 is 21.8 Å². The Bertz CT molecular complexity index is 921. The number of hydrogen-bond acceptors (Lipinski definition) is 4. The summed E-state index contributed by atoms with van der Waals surface area (Å²) in [5.41, 5.74) is 0.807. The number of anilines is 1. The van der Waals surface area contributed by atoms with Crippen LogP contribution < -0.4 is 9.62 Å². The molecule has 2 aromatic carbocycles. The number of para-hydroxylation sites is 1. The minimum Gasteiger partial charge on any atom is -0.288 e. The summed E-state index contributed by atoms with van der Waals surface area (Å²) in [6.45, 7) is 3.54. The fourth-order valence-electron chi connectivity index (χ4n) is 2.71. The highest BCUT2D eigenvalue weighted by atomic mass is 32.2. The summed E-state index contributed by atoms with van der Waals surface area (Å²) in [5.74, 6) is -1.09. The first kappa shape index (κ1) is 16.2. The number of nitrogens with one attached hydrogen (secondary N) is 1. The van der Waals surface area contributed by atoms with Gasteiger partial charge in [0, 0.05) is 6.04 Å². The molecule has 1 N–H and O–H groups in total. The lowest BCUT2D eigenvalue weighted by Crippen LogP contribution is -2.37. The van der Waals surface area contributed by atoms with Gasteiger partial charge in [0.2, 0.25) is 0 Å². The van der Waals surface area contributed by atoms with E-state index in [0.717, 1.165) is 0 Å². The molecular weight excluding hydrogens is 328 g/mol. The van der Waals surface area contributed by atoms with E-state index in [1.807, 2.05) is 0 Å². The van der Waals surface area contributed by atoms with E-state index >= 15 is 0 Å². The number of imide groups is 1. The molecule has 0 saturated carbocycles. The van der Waals surface area contributed by atoms with Crippen LogP contribution in [0.5, 0.6) is 0 Å². The van der Waals surface area contributed by atoms with Crippen LogP contribution in [0.4, 0.5) is 5.69 Å². The van der Waals surface area contributed by atoms with Crippen molar-refractivity contribution in [3.8, 4) is 0 Å². The largest absolute Gasteiger partial charge is 0.288 e. The van der Waals surface area contributed by atoms with Crippen LogP contribution >= 0.6 is 0 Å². The molecule has 3 rings (SSSR count). The number of benzene rings is 2. The molecule has 0 bridgehead atoms. The fourth-order valence-corrected chi connectivity index (χ4v) is 4.40. The average Bonchev–Trinajstić information content (AvgIpc) is 2.82. The van der Waals surface area contributed by atoms with E-state index in [-0.39, 0.29) is 22.1 Å². The molecule has 124 valence electrons. The van der Waals surface area contributed by atoms with Crippen molar-refractivity contribution in [2.75, 3.05) is 4.31 Å². The summed E-state index contributed by atoms with van der Waals surface area (Å²) >= 11 is 0. The van der Waals surface area contributed by atoms with E-state index in [2.05, 4.69) is 5.32 Å². The third-order valence-electron chi connectivity index (χ3n) is 3.74. The molecule has 0 saturated heterocycles. The Morgan fingerprint density at radius 1 is 0.917 bits per heavy atom. The molecule has 0 unspecified atom stereocenters. The van der Waals surface area contributed by atoms with Crippen molar-refractivity contribution in [2.24, 2.45) is 0 Å². The first-order valence-electron chi connectivity index (χ1n) is 7.41. The van der Waals surface area contributed by atoms with E-state index in [1.54, 1.807) is 44.2 Å². The molecule has 0 atom stereocenters. The second-order valence-corrected chi connectivity index (χ2v) is 7.54. The van der Waals surface area contributed by atoms with Crippen LogP contribution in [-0.2, 0) is 10.0 Å². The van der Waals surface area contributed by atoms with Crippen molar-refractivity contribution in [1.82, 2.24) is 5.32 Å². The number of hydrogen-bond donors (Lipinski definition) is 1. The van der Waals surface area contributed by atoms with Gasteiger partial charge in [0.25, 0.3) is 21.8 Å². The lowest BCUT2D eigenvalue weighted by atomic mass is 10.1. The van der Waals surface area contributed by atoms with Crippen molar-refractivity contribution < 1.29 is 18.0 Å². The van der Waals surface area contributed by atoms with E-state index in [0.29, 0.717) is 5.69 Å². The quantitative estimate of drug-likeness (QED) is 0.862. The average molecular weight is 344 g/mol. The predicted octanol–water partition coefficient (Wildman–Crippen LogP) is 2.17. The number of carbonyl (C=O) groups excluding carboxylic acids is 2. The van der Waals surface area contributed by atoms with Crippen LogP contribution in [0.1, 0.15) is 34.6 Å². The van der Waals surface area contributed by atoms with Crippen molar-refractivity contribution in [1.29, 1.82) is 0 Å². The van der Waals surface area contributed by atoms with Crippen molar-refractivity contribution in [3.05, 3.63) is 59.7 Å². The zero-order chi connectivity index (χ0) is 17.5. The number of carbonyl (C=O) groups is 2. The molecular formula is C17H16N2O4S. The molecule has 0 radical (unpaired) electrons. The Morgan fingerprint density at radius 2 is 1.54 bits per heavy atom. The Morgan fingerprint density at radius 3 is 2.17 bits per heavy atom. The number of nitrogens with zero attached hydrogens (tertiary/aromatic N) is 1. The van der Waals surface area contributed by atoms with Crippen molar-refractivity contribution in [2.45, 2.75) is 24.8 Å². The van der Waals surface area contributed by atoms with Crippen molar-refractivity contribution in [3.63, 3.8) is 0 Å². The maximum atomic E-state index is 13.1. The van der Waals surface area contributed by atoms with Crippen LogP contribution in [0.15, 0.2) is 53.4 Å². The van der Waals surface area contributed by atoms with Gasteiger partial charge in [0.05, 0.1) is 21.7 Å². The highest BCUT2D eigenvalue weighted by Crippen LogP contribution is 2.28. The van der Waals surface area contributed by atoms with Gasteiger partial charge in [0.15, 0.2) is 0 Å². The Kier molecular flexibility index (Phi) is 3.88. The molecule has 0 fully saturated rings. The number of sulfonamides is 1. The van der Waals surface area contributed by atoms with Crippen LogP contribution in [0.2, 0.25) is 0 Å². The molecule has 6 nitrogen and oxygen atoms in total. The van der Waals surface area contributed by atoms with Gasteiger partial charge in [-0.3, -0.25) is 19.2 Å². The van der Waals surface area contributed by atoms with Gasteiger partial charge in [-0.1, -0.05) is 18.2 Å². The van der Waals surface area contributed by atoms with Crippen LogP contribution in [0.3, 0.4) is 0 Å². The summed E-state index contributed by atoms with van der Waals surface area (Å²) in [7, 11) is -3.87. The highest BCUT2D eigenvalue weighted by molar-refractivity contribution is 7.92. The van der Waals surface area contributed by atoms with E-state index in [9.17, 15) is 18.0 Å². The van der Waals surface area contributed by atoms with E-state index in [1.165, 1.54) is 22.5 Å². The Labute approximate surface area is 140 Å². The standard InChI is InChI=1S/C17H16N2O4S/c1-11(2)19(12-6-4-3-5-7-12)24(22,23)13-8-9-14-15(10-13)17(21)18-16(14)20/h3-11H,1-2H3,(H,18,20,21). The first-order valence-corrected chi connectivity index (χ1v) is 8.85. The summed E-state index contributed by atoms with van der Waals surface area (Å²) in [6.07, 6.45) is 0. The van der Waals surface area contributed by atoms with Gasteiger partial charge < -0.3 is 0 Å². The predicted molar refractivity (Wildman–Crippen MR) is 89.5 cm³/mol. The normalized spacial score (nSPS) is 13.8. The summed E-state index contributed by atoms with van der Waals surface area (Å²) in [6, 6.07) is 12.4. The van der Waals surface area contributed by atoms with Crippen LogP contribution in [-0.4, -0.2) is 26.3 Å². The molecule has 1 heterocycles. The van der Waals surface area contributed by atoms with Gasteiger partial charge in [-0.05, 0) is 44.2 Å².